The van der Waals surface area contributed by atoms with Gasteiger partial charge in [-0.3, -0.25) is 5.10 Å². The van der Waals surface area contributed by atoms with Gasteiger partial charge in [-0.05, 0) is 35.4 Å². The van der Waals surface area contributed by atoms with Gasteiger partial charge in [0, 0.05) is 23.7 Å². The number of aromatic amines is 1. The summed E-state index contributed by atoms with van der Waals surface area (Å²) in [6.45, 7) is 1.75. The Labute approximate surface area is 144 Å². The second-order valence-electron chi connectivity index (χ2n) is 5.57. The first kappa shape index (κ1) is 15.1. The lowest BCUT2D eigenvalue weighted by molar-refractivity contribution is 0.174. The largest absolute Gasteiger partial charge is 0.454 e. The van der Waals surface area contributed by atoms with Crippen LogP contribution in [0.15, 0.2) is 48.7 Å². The summed E-state index contributed by atoms with van der Waals surface area (Å²) < 4.78 is 10.7. The van der Waals surface area contributed by atoms with Crippen molar-refractivity contribution in [3.63, 3.8) is 0 Å². The molecule has 0 bridgehead atoms. The Morgan fingerprint density at radius 3 is 2.75 bits per heavy atom. The van der Waals surface area contributed by atoms with E-state index in [1.54, 1.807) is 0 Å². The van der Waals surface area contributed by atoms with Crippen LogP contribution in [-0.2, 0) is 13.1 Å². The Kier molecular flexibility index (Phi) is 4.11. The van der Waals surface area contributed by atoms with E-state index in [9.17, 15) is 0 Å². The Balaban J connectivity index is 1.42. The van der Waals surface area contributed by atoms with Gasteiger partial charge in [-0.15, -0.1) is 0 Å². The van der Waals surface area contributed by atoms with Crippen molar-refractivity contribution in [2.24, 2.45) is 0 Å². The summed E-state index contributed by atoms with van der Waals surface area (Å²) >= 11 is 5.95. The lowest BCUT2D eigenvalue weighted by atomic mass is 10.1. The average Bonchev–Trinajstić information content (AvgIpc) is 3.24. The van der Waals surface area contributed by atoms with E-state index in [1.165, 1.54) is 0 Å². The van der Waals surface area contributed by atoms with Gasteiger partial charge in [0.1, 0.15) is 0 Å². The number of benzene rings is 2. The SMILES string of the molecule is Clc1ccc(-c2[nH]ncc2CNCc2ccc3c(c2)OCO3)cc1. The molecule has 0 aliphatic carbocycles. The lowest BCUT2D eigenvalue weighted by Crippen LogP contribution is -2.12. The number of rotatable bonds is 5. The molecule has 2 aromatic carbocycles. The summed E-state index contributed by atoms with van der Waals surface area (Å²) in [6.07, 6.45) is 1.84. The van der Waals surface area contributed by atoms with Crippen LogP contribution in [0.4, 0.5) is 0 Å². The van der Waals surface area contributed by atoms with Crippen LogP contribution >= 0.6 is 11.6 Å². The third-order valence-corrected chi connectivity index (χ3v) is 4.18. The predicted octanol–water partition coefficient (Wildman–Crippen LogP) is 3.75. The number of hydrogen-bond acceptors (Lipinski definition) is 4. The molecule has 3 aromatic rings. The second-order valence-corrected chi connectivity index (χ2v) is 6.00. The second kappa shape index (κ2) is 6.55. The highest BCUT2D eigenvalue weighted by atomic mass is 35.5. The zero-order valence-electron chi connectivity index (χ0n) is 12.9. The van der Waals surface area contributed by atoms with Gasteiger partial charge in [-0.2, -0.15) is 5.10 Å². The quantitative estimate of drug-likeness (QED) is 0.742. The zero-order chi connectivity index (χ0) is 16.4. The summed E-state index contributed by atoms with van der Waals surface area (Å²) in [6, 6.07) is 13.7. The molecule has 5 nitrogen and oxygen atoms in total. The average molecular weight is 342 g/mol. The summed E-state index contributed by atoms with van der Waals surface area (Å²) in [5.74, 6) is 1.61. The van der Waals surface area contributed by atoms with E-state index < -0.39 is 0 Å². The van der Waals surface area contributed by atoms with E-state index in [0.717, 1.165) is 45.5 Å². The first-order valence-electron chi connectivity index (χ1n) is 7.67. The van der Waals surface area contributed by atoms with Crippen LogP contribution in [-0.4, -0.2) is 17.0 Å². The molecule has 1 aromatic heterocycles. The lowest BCUT2D eigenvalue weighted by Gasteiger charge is -2.07. The maximum Gasteiger partial charge on any atom is 0.231 e. The monoisotopic (exact) mass is 341 g/mol. The van der Waals surface area contributed by atoms with E-state index in [2.05, 4.69) is 15.5 Å². The molecule has 24 heavy (non-hydrogen) atoms. The molecule has 0 unspecified atom stereocenters. The molecule has 0 radical (unpaired) electrons. The first-order chi connectivity index (χ1) is 11.8. The molecular formula is C18H16ClN3O2. The molecule has 1 aliphatic heterocycles. The Morgan fingerprint density at radius 2 is 1.88 bits per heavy atom. The molecule has 0 fully saturated rings. The minimum atomic E-state index is 0.297. The van der Waals surface area contributed by atoms with Gasteiger partial charge in [-0.25, -0.2) is 0 Å². The molecular weight excluding hydrogens is 326 g/mol. The molecule has 4 rings (SSSR count). The van der Waals surface area contributed by atoms with Crippen LogP contribution in [0, 0.1) is 0 Å². The van der Waals surface area contributed by atoms with Crippen molar-refractivity contribution in [2.75, 3.05) is 6.79 Å². The molecule has 0 saturated carbocycles. The van der Waals surface area contributed by atoms with Crippen molar-refractivity contribution in [3.8, 4) is 22.8 Å². The van der Waals surface area contributed by atoms with Gasteiger partial charge in [0.25, 0.3) is 0 Å². The van der Waals surface area contributed by atoms with Crippen LogP contribution in [0.3, 0.4) is 0 Å². The third-order valence-electron chi connectivity index (χ3n) is 3.93. The fraction of sp³-hybridized carbons (Fsp3) is 0.167. The molecule has 6 heteroatoms. The van der Waals surface area contributed by atoms with Gasteiger partial charge in [0.05, 0.1) is 11.9 Å². The van der Waals surface area contributed by atoms with Crippen molar-refractivity contribution < 1.29 is 9.47 Å². The number of halogens is 1. The fourth-order valence-electron chi connectivity index (χ4n) is 2.70. The van der Waals surface area contributed by atoms with Crippen LogP contribution in [0.5, 0.6) is 11.5 Å². The standard InChI is InChI=1S/C18H16ClN3O2/c19-15-4-2-13(3-5-15)18-14(10-21-22-18)9-20-8-12-1-6-16-17(7-12)24-11-23-16/h1-7,10,20H,8-9,11H2,(H,21,22). The number of aromatic nitrogens is 2. The number of nitrogens with zero attached hydrogens (tertiary/aromatic N) is 1. The molecule has 0 saturated heterocycles. The van der Waals surface area contributed by atoms with Crippen LogP contribution in [0.1, 0.15) is 11.1 Å². The number of ether oxygens (including phenoxy) is 2. The summed E-state index contributed by atoms with van der Waals surface area (Å²) in [5, 5.41) is 11.4. The maximum absolute atomic E-state index is 5.95. The number of H-pyrrole nitrogens is 1. The van der Waals surface area contributed by atoms with Gasteiger partial charge in [-0.1, -0.05) is 29.8 Å². The Morgan fingerprint density at radius 1 is 1.04 bits per heavy atom. The molecule has 2 heterocycles. The minimum absolute atomic E-state index is 0.297. The van der Waals surface area contributed by atoms with Crippen LogP contribution < -0.4 is 14.8 Å². The van der Waals surface area contributed by atoms with E-state index in [-0.39, 0.29) is 0 Å². The topological polar surface area (TPSA) is 59.2 Å². The van der Waals surface area contributed by atoms with Gasteiger partial charge >= 0.3 is 0 Å². The minimum Gasteiger partial charge on any atom is -0.454 e. The summed E-state index contributed by atoms with van der Waals surface area (Å²) in [5.41, 5.74) is 4.33. The van der Waals surface area contributed by atoms with Crippen LogP contribution in [0.25, 0.3) is 11.3 Å². The fourth-order valence-corrected chi connectivity index (χ4v) is 2.83. The van der Waals surface area contributed by atoms with E-state index in [0.29, 0.717) is 13.3 Å². The van der Waals surface area contributed by atoms with E-state index in [1.807, 2.05) is 48.7 Å². The molecule has 122 valence electrons. The molecule has 0 amide bonds. The highest BCUT2D eigenvalue weighted by Crippen LogP contribution is 2.32. The number of hydrogen-bond donors (Lipinski definition) is 2. The van der Waals surface area contributed by atoms with Crippen molar-refractivity contribution in [3.05, 3.63) is 64.8 Å². The number of fused-ring (bicyclic) bond motifs is 1. The third kappa shape index (κ3) is 3.09. The first-order valence-corrected chi connectivity index (χ1v) is 8.05. The van der Waals surface area contributed by atoms with Crippen molar-refractivity contribution in [2.45, 2.75) is 13.1 Å². The summed E-state index contributed by atoms with van der Waals surface area (Å²) in [7, 11) is 0. The highest BCUT2D eigenvalue weighted by molar-refractivity contribution is 6.30. The van der Waals surface area contributed by atoms with Gasteiger partial charge in [0.15, 0.2) is 11.5 Å². The maximum atomic E-state index is 5.95. The Hall–Kier alpha value is -2.50. The Bertz CT molecular complexity index is 846. The molecule has 0 atom stereocenters. The van der Waals surface area contributed by atoms with Gasteiger partial charge in [0.2, 0.25) is 6.79 Å². The molecule has 2 N–H and O–H groups in total. The highest BCUT2D eigenvalue weighted by Gasteiger charge is 2.13. The van der Waals surface area contributed by atoms with Gasteiger partial charge < -0.3 is 14.8 Å². The molecule has 0 spiro atoms. The van der Waals surface area contributed by atoms with Crippen LogP contribution in [0.2, 0.25) is 5.02 Å². The number of nitrogens with one attached hydrogen (secondary N) is 2. The zero-order valence-corrected chi connectivity index (χ0v) is 13.6. The normalized spacial score (nSPS) is 12.5. The molecule has 1 aliphatic rings. The van der Waals surface area contributed by atoms with Crippen molar-refractivity contribution >= 4 is 11.6 Å². The van der Waals surface area contributed by atoms with Crippen molar-refractivity contribution in [1.82, 2.24) is 15.5 Å². The van der Waals surface area contributed by atoms with E-state index in [4.69, 9.17) is 21.1 Å². The smallest absolute Gasteiger partial charge is 0.231 e. The predicted molar refractivity (Wildman–Crippen MR) is 92.1 cm³/mol. The van der Waals surface area contributed by atoms with E-state index >= 15 is 0 Å². The summed E-state index contributed by atoms with van der Waals surface area (Å²) in [4.78, 5) is 0. The van der Waals surface area contributed by atoms with Crippen molar-refractivity contribution in [1.29, 1.82) is 0 Å².